The van der Waals surface area contributed by atoms with Crippen LogP contribution in [-0.4, -0.2) is 58.6 Å². The molecule has 1 N–H and O–H groups in total. The number of aryl methyl sites for hydroxylation is 1. The maximum absolute atomic E-state index is 11.9. The molecule has 8 nitrogen and oxygen atoms in total. The number of hydrogen-bond acceptors (Lipinski definition) is 6. The first-order chi connectivity index (χ1) is 8.99. The molecule has 1 aromatic rings. The monoisotopic (exact) mass is 269 g/mol. The molecule has 1 saturated heterocycles. The summed E-state index contributed by atoms with van der Waals surface area (Å²) in [5, 5.41) is 6.88. The van der Waals surface area contributed by atoms with E-state index in [1.807, 2.05) is 7.05 Å². The van der Waals surface area contributed by atoms with Crippen molar-refractivity contribution in [2.45, 2.75) is 6.10 Å². The fraction of sp³-hybridized carbons (Fsp3) is 0.727. The summed E-state index contributed by atoms with van der Waals surface area (Å²) in [6.45, 7) is 2.89. The Hall–Kier alpha value is -1.67. The molecular formula is C11H19N5O3. The van der Waals surface area contributed by atoms with Crippen LogP contribution in [0.15, 0.2) is 9.59 Å². The lowest BCUT2D eigenvalue weighted by Crippen LogP contribution is -2.45. The van der Waals surface area contributed by atoms with Crippen molar-refractivity contribution in [2.75, 3.05) is 38.6 Å². The van der Waals surface area contributed by atoms with Crippen molar-refractivity contribution >= 4 is 5.82 Å². The van der Waals surface area contributed by atoms with Gasteiger partial charge in [-0.15, -0.1) is 5.10 Å². The fourth-order valence-electron chi connectivity index (χ4n) is 2.01. The molecule has 19 heavy (non-hydrogen) atoms. The van der Waals surface area contributed by atoms with Crippen molar-refractivity contribution in [3.63, 3.8) is 0 Å². The quantitative estimate of drug-likeness (QED) is 0.699. The zero-order valence-electron chi connectivity index (χ0n) is 11.4. The number of anilines is 1. The Bertz CT molecular complexity index is 564. The highest BCUT2D eigenvalue weighted by Crippen LogP contribution is 2.03. The Kier molecular flexibility index (Phi) is 4.01. The van der Waals surface area contributed by atoms with Gasteiger partial charge in [0.05, 0.1) is 12.7 Å². The van der Waals surface area contributed by atoms with Gasteiger partial charge in [0, 0.05) is 33.7 Å². The number of nitrogens with zero attached hydrogens (tertiary/aromatic N) is 4. The Morgan fingerprint density at radius 1 is 1.37 bits per heavy atom. The minimum atomic E-state index is -0.441. The van der Waals surface area contributed by atoms with E-state index in [0.29, 0.717) is 13.2 Å². The SMILES string of the molecule is CN1CCOC(CNc2nn(C)c(=O)n(C)c2=O)C1. The van der Waals surface area contributed by atoms with E-state index in [2.05, 4.69) is 15.3 Å². The van der Waals surface area contributed by atoms with E-state index in [1.165, 1.54) is 14.1 Å². The molecule has 0 bridgehead atoms. The number of hydrogen-bond donors (Lipinski definition) is 1. The minimum absolute atomic E-state index is 0.0162. The van der Waals surface area contributed by atoms with Gasteiger partial charge in [0.15, 0.2) is 0 Å². The second kappa shape index (κ2) is 5.54. The van der Waals surface area contributed by atoms with Crippen LogP contribution in [0.5, 0.6) is 0 Å². The second-order valence-corrected chi connectivity index (χ2v) is 4.75. The first kappa shape index (κ1) is 13.8. The number of morpholine rings is 1. The third-order valence-corrected chi connectivity index (χ3v) is 3.16. The first-order valence-corrected chi connectivity index (χ1v) is 6.17. The van der Waals surface area contributed by atoms with Crippen LogP contribution >= 0.6 is 0 Å². The highest BCUT2D eigenvalue weighted by Gasteiger charge is 2.18. The molecule has 1 aliphatic heterocycles. The van der Waals surface area contributed by atoms with Gasteiger partial charge in [-0.3, -0.25) is 9.36 Å². The fourth-order valence-corrected chi connectivity index (χ4v) is 2.01. The summed E-state index contributed by atoms with van der Waals surface area (Å²) in [4.78, 5) is 25.5. The van der Waals surface area contributed by atoms with Gasteiger partial charge in [0.1, 0.15) is 0 Å². The van der Waals surface area contributed by atoms with Crippen LogP contribution in [0.3, 0.4) is 0 Å². The molecule has 0 aliphatic carbocycles. The lowest BCUT2D eigenvalue weighted by molar-refractivity contribution is -0.0117. The predicted molar refractivity (Wildman–Crippen MR) is 70.4 cm³/mol. The zero-order valence-corrected chi connectivity index (χ0v) is 11.4. The van der Waals surface area contributed by atoms with Crippen LogP contribution in [0, 0.1) is 0 Å². The molecule has 0 aromatic carbocycles. The maximum atomic E-state index is 11.9. The Labute approximate surface area is 110 Å². The highest BCUT2D eigenvalue weighted by atomic mass is 16.5. The largest absolute Gasteiger partial charge is 0.374 e. The van der Waals surface area contributed by atoms with Crippen molar-refractivity contribution in [3.05, 3.63) is 20.8 Å². The maximum Gasteiger partial charge on any atom is 0.346 e. The number of rotatable bonds is 3. The van der Waals surface area contributed by atoms with Gasteiger partial charge >= 0.3 is 5.69 Å². The third kappa shape index (κ3) is 3.02. The molecular weight excluding hydrogens is 250 g/mol. The van der Waals surface area contributed by atoms with Gasteiger partial charge in [-0.25, -0.2) is 9.48 Å². The molecule has 0 amide bonds. The molecule has 106 valence electrons. The summed E-state index contributed by atoms with van der Waals surface area (Å²) in [6.07, 6.45) is 0.0162. The molecule has 1 aliphatic rings. The molecule has 0 radical (unpaired) electrons. The second-order valence-electron chi connectivity index (χ2n) is 4.75. The molecule has 2 heterocycles. The van der Waals surface area contributed by atoms with Crippen LogP contribution in [0.2, 0.25) is 0 Å². The van der Waals surface area contributed by atoms with Crippen molar-refractivity contribution in [3.8, 4) is 0 Å². The first-order valence-electron chi connectivity index (χ1n) is 6.17. The van der Waals surface area contributed by atoms with Crippen molar-refractivity contribution < 1.29 is 4.74 Å². The van der Waals surface area contributed by atoms with Gasteiger partial charge in [0.25, 0.3) is 5.56 Å². The van der Waals surface area contributed by atoms with Crippen LogP contribution in [0.25, 0.3) is 0 Å². The summed E-state index contributed by atoms with van der Waals surface area (Å²) in [5.41, 5.74) is -0.864. The lowest BCUT2D eigenvalue weighted by Gasteiger charge is -2.30. The van der Waals surface area contributed by atoms with Crippen LogP contribution in [0.1, 0.15) is 0 Å². The van der Waals surface area contributed by atoms with E-state index in [1.54, 1.807) is 0 Å². The molecule has 2 rings (SSSR count). The molecule has 0 spiro atoms. The van der Waals surface area contributed by atoms with Gasteiger partial charge in [-0.1, -0.05) is 0 Å². The van der Waals surface area contributed by atoms with E-state index >= 15 is 0 Å². The zero-order chi connectivity index (χ0) is 14.0. The standard InChI is InChI=1S/C11H19N5O3/c1-14-4-5-19-8(7-14)6-12-9-10(17)15(2)11(18)16(3)13-9/h8H,4-7H2,1-3H3,(H,12,13). The van der Waals surface area contributed by atoms with E-state index in [0.717, 1.165) is 22.3 Å². The summed E-state index contributed by atoms with van der Waals surface area (Å²) < 4.78 is 7.75. The van der Waals surface area contributed by atoms with Crippen LogP contribution in [-0.2, 0) is 18.8 Å². The predicted octanol–water partition coefficient (Wildman–Crippen LogP) is -1.78. The number of likely N-dealkylation sites (N-methyl/N-ethyl adjacent to an activating group) is 1. The van der Waals surface area contributed by atoms with Gasteiger partial charge < -0.3 is 15.0 Å². The Balaban J connectivity index is 2.08. The average Bonchev–Trinajstić information content (AvgIpc) is 2.39. The highest BCUT2D eigenvalue weighted by molar-refractivity contribution is 5.29. The third-order valence-electron chi connectivity index (χ3n) is 3.16. The van der Waals surface area contributed by atoms with Crippen molar-refractivity contribution in [2.24, 2.45) is 14.1 Å². The van der Waals surface area contributed by atoms with Crippen molar-refractivity contribution in [1.29, 1.82) is 0 Å². The summed E-state index contributed by atoms with van der Waals surface area (Å²) in [7, 11) is 4.97. The topological polar surface area (TPSA) is 81.4 Å². The lowest BCUT2D eigenvalue weighted by atomic mass is 10.3. The number of nitrogens with one attached hydrogen (secondary N) is 1. The van der Waals surface area contributed by atoms with E-state index in [-0.39, 0.29) is 11.9 Å². The van der Waals surface area contributed by atoms with Crippen molar-refractivity contribution in [1.82, 2.24) is 19.2 Å². The van der Waals surface area contributed by atoms with Crippen LogP contribution in [0.4, 0.5) is 5.82 Å². The molecule has 1 unspecified atom stereocenters. The van der Waals surface area contributed by atoms with Gasteiger partial charge in [-0.05, 0) is 7.05 Å². The molecule has 8 heteroatoms. The molecule has 0 saturated carbocycles. The Morgan fingerprint density at radius 3 is 2.79 bits per heavy atom. The molecule has 1 fully saturated rings. The van der Waals surface area contributed by atoms with Crippen LogP contribution < -0.4 is 16.6 Å². The van der Waals surface area contributed by atoms with E-state index in [9.17, 15) is 9.59 Å². The molecule has 1 aromatic heterocycles. The number of ether oxygens (including phenoxy) is 1. The van der Waals surface area contributed by atoms with Gasteiger partial charge in [-0.2, -0.15) is 0 Å². The Morgan fingerprint density at radius 2 is 2.11 bits per heavy atom. The number of aromatic nitrogens is 3. The smallest absolute Gasteiger partial charge is 0.346 e. The summed E-state index contributed by atoms with van der Waals surface area (Å²) >= 11 is 0. The van der Waals surface area contributed by atoms with Gasteiger partial charge in [0.2, 0.25) is 5.82 Å². The molecule has 1 atom stereocenters. The normalized spacial score (nSPS) is 20.5. The van der Waals surface area contributed by atoms with E-state index in [4.69, 9.17) is 4.74 Å². The minimum Gasteiger partial charge on any atom is -0.374 e. The summed E-state index contributed by atoms with van der Waals surface area (Å²) in [5.74, 6) is 0.168. The average molecular weight is 269 g/mol. The van der Waals surface area contributed by atoms with E-state index < -0.39 is 11.2 Å². The summed E-state index contributed by atoms with van der Waals surface area (Å²) in [6, 6.07) is 0.